The molecule has 2 N–H and O–H groups in total. The zero-order chi connectivity index (χ0) is 9.14. The second-order valence-corrected chi connectivity index (χ2v) is 3.21. The minimum Gasteiger partial charge on any atom is -0.398 e. The van der Waals surface area contributed by atoms with Gasteiger partial charge in [-0.2, -0.15) is 0 Å². The van der Waals surface area contributed by atoms with Crippen molar-refractivity contribution in [3.63, 3.8) is 0 Å². The topological polar surface area (TPSA) is 43.1 Å². The van der Waals surface area contributed by atoms with Crippen LogP contribution in [0.5, 0.6) is 0 Å². The Bertz CT molecular complexity index is 309. The molecule has 0 aromatic heterocycles. The van der Waals surface area contributed by atoms with E-state index in [9.17, 15) is 4.79 Å². The molecule has 0 radical (unpaired) electrons. The monoisotopic (exact) mass is 181 g/mol. The van der Waals surface area contributed by atoms with E-state index in [-0.39, 0.29) is 5.78 Å². The van der Waals surface area contributed by atoms with Gasteiger partial charge < -0.3 is 5.73 Å². The van der Waals surface area contributed by atoms with E-state index < -0.39 is 0 Å². The lowest BCUT2D eigenvalue weighted by Crippen LogP contribution is -2.01. The number of hydrogen-bond donors (Lipinski definition) is 2. The van der Waals surface area contributed by atoms with Crippen molar-refractivity contribution in [3.8, 4) is 0 Å². The number of carbonyl (C=O) groups is 1. The molecule has 0 fully saturated rings. The molecule has 0 saturated carbocycles. The summed E-state index contributed by atoms with van der Waals surface area (Å²) in [6.07, 6.45) is 0.389. The lowest BCUT2D eigenvalue weighted by Gasteiger charge is -2.04. The molecule has 64 valence electrons. The van der Waals surface area contributed by atoms with Crippen molar-refractivity contribution in [2.75, 3.05) is 5.73 Å². The first-order valence-corrected chi connectivity index (χ1v) is 4.11. The fourth-order valence-corrected chi connectivity index (χ4v) is 1.25. The summed E-state index contributed by atoms with van der Waals surface area (Å²) in [6, 6.07) is 5.50. The van der Waals surface area contributed by atoms with E-state index in [1.54, 1.807) is 6.92 Å². The number of thiol groups is 1. The van der Waals surface area contributed by atoms with Crippen LogP contribution in [0.4, 0.5) is 5.69 Å². The molecule has 1 aromatic rings. The van der Waals surface area contributed by atoms with Crippen LogP contribution in [0.1, 0.15) is 12.5 Å². The van der Waals surface area contributed by atoms with Crippen molar-refractivity contribution in [1.29, 1.82) is 0 Å². The smallest absolute Gasteiger partial charge is 0.134 e. The Morgan fingerprint density at radius 2 is 2.25 bits per heavy atom. The lowest BCUT2D eigenvalue weighted by molar-refractivity contribution is -0.116. The van der Waals surface area contributed by atoms with E-state index >= 15 is 0 Å². The summed E-state index contributed by atoms with van der Waals surface area (Å²) in [7, 11) is 0. The van der Waals surface area contributed by atoms with Crippen LogP contribution in [0.2, 0.25) is 0 Å². The molecular weight excluding hydrogens is 170 g/mol. The fourth-order valence-electron chi connectivity index (χ4n) is 1.02. The van der Waals surface area contributed by atoms with Gasteiger partial charge in [-0.25, -0.2) is 0 Å². The Kier molecular flexibility index (Phi) is 2.76. The third-order valence-electron chi connectivity index (χ3n) is 1.61. The molecule has 2 nitrogen and oxygen atoms in total. The number of ketones is 1. The van der Waals surface area contributed by atoms with Crippen LogP contribution in [0.15, 0.2) is 23.1 Å². The van der Waals surface area contributed by atoms with Gasteiger partial charge >= 0.3 is 0 Å². The van der Waals surface area contributed by atoms with Gasteiger partial charge in [0.05, 0.1) is 0 Å². The van der Waals surface area contributed by atoms with Crippen LogP contribution < -0.4 is 5.73 Å². The molecule has 3 heteroatoms. The summed E-state index contributed by atoms with van der Waals surface area (Å²) in [5.74, 6) is 0.112. The normalized spacial score (nSPS) is 9.83. The summed E-state index contributed by atoms with van der Waals surface area (Å²) in [6.45, 7) is 1.55. The molecule has 1 rings (SSSR count). The van der Waals surface area contributed by atoms with E-state index in [2.05, 4.69) is 12.6 Å². The summed E-state index contributed by atoms with van der Waals surface area (Å²) >= 11 is 4.15. The van der Waals surface area contributed by atoms with Gasteiger partial charge in [-0.05, 0) is 18.6 Å². The standard InChI is InChI=1S/C9H11NOS/c1-6(11)5-7-3-2-4-8(12)9(7)10/h2-4,12H,5,10H2,1H3. The first-order valence-electron chi connectivity index (χ1n) is 3.67. The zero-order valence-corrected chi connectivity index (χ0v) is 7.77. The van der Waals surface area contributed by atoms with Crippen molar-refractivity contribution in [2.45, 2.75) is 18.2 Å². The summed E-state index contributed by atoms with van der Waals surface area (Å²) in [4.78, 5) is 11.5. The maximum absolute atomic E-state index is 10.8. The Morgan fingerprint density at radius 1 is 1.58 bits per heavy atom. The van der Waals surface area contributed by atoms with Crippen LogP contribution in [0.3, 0.4) is 0 Å². The van der Waals surface area contributed by atoms with Gasteiger partial charge in [0.25, 0.3) is 0 Å². The number of anilines is 1. The second-order valence-electron chi connectivity index (χ2n) is 2.73. The first-order chi connectivity index (χ1) is 5.61. The molecule has 0 bridgehead atoms. The average Bonchev–Trinajstić information content (AvgIpc) is 1.98. The number of nitrogen functional groups attached to an aromatic ring is 1. The number of carbonyl (C=O) groups excluding carboxylic acids is 1. The van der Waals surface area contributed by atoms with Gasteiger partial charge in [0, 0.05) is 17.0 Å². The van der Waals surface area contributed by atoms with Gasteiger partial charge in [0.2, 0.25) is 0 Å². The summed E-state index contributed by atoms with van der Waals surface area (Å²) in [5, 5.41) is 0. The lowest BCUT2D eigenvalue weighted by atomic mass is 10.1. The highest BCUT2D eigenvalue weighted by Crippen LogP contribution is 2.20. The summed E-state index contributed by atoms with van der Waals surface area (Å²) < 4.78 is 0. The maximum atomic E-state index is 10.8. The molecule has 0 amide bonds. The SMILES string of the molecule is CC(=O)Cc1cccc(S)c1N. The third kappa shape index (κ3) is 2.01. The minimum atomic E-state index is 0.112. The van der Waals surface area contributed by atoms with Crippen molar-refractivity contribution in [3.05, 3.63) is 23.8 Å². The Balaban J connectivity index is 3.00. The number of benzene rings is 1. The molecular formula is C9H11NOS. The van der Waals surface area contributed by atoms with Gasteiger partial charge in [0.1, 0.15) is 5.78 Å². The van der Waals surface area contributed by atoms with Crippen molar-refractivity contribution >= 4 is 24.1 Å². The van der Waals surface area contributed by atoms with E-state index in [0.717, 1.165) is 10.5 Å². The van der Waals surface area contributed by atoms with Crippen molar-refractivity contribution < 1.29 is 4.79 Å². The average molecular weight is 181 g/mol. The first kappa shape index (κ1) is 9.13. The summed E-state index contributed by atoms with van der Waals surface area (Å²) in [5.41, 5.74) is 7.17. The second kappa shape index (κ2) is 3.63. The predicted octanol–water partition coefficient (Wildman–Crippen LogP) is 1.69. The Labute approximate surface area is 77.2 Å². The highest BCUT2D eigenvalue weighted by atomic mass is 32.1. The van der Waals surface area contributed by atoms with Gasteiger partial charge in [-0.15, -0.1) is 12.6 Å². The number of hydrogen-bond acceptors (Lipinski definition) is 3. The molecule has 0 aliphatic carbocycles. The maximum Gasteiger partial charge on any atom is 0.134 e. The quantitative estimate of drug-likeness (QED) is 0.538. The van der Waals surface area contributed by atoms with E-state index in [1.165, 1.54) is 0 Å². The highest BCUT2D eigenvalue weighted by Gasteiger charge is 2.03. The third-order valence-corrected chi connectivity index (χ3v) is 2.00. The molecule has 0 saturated heterocycles. The van der Waals surface area contributed by atoms with Crippen LogP contribution in [0.25, 0.3) is 0 Å². The highest BCUT2D eigenvalue weighted by molar-refractivity contribution is 7.80. The zero-order valence-electron chi connectivity index (χ0n) is 6.87. The van der Waals surface area contributed by atoms with Gasteiger partial charge in [-0.1, -0.05) is 12.1 Å². The van der Waals surface area contributed by atoms with Gasteiger partial charge in [-0.3, -0.25) is 4.79 Å². The van der Waals surface area contributed by atoms with Crippen molar-refractivity contribution in [1.82, 2.24) is 0 Å². The molecule has 0 heterocycles. The Morgan fingerprint density at radius 3 is 2.83 bits per heavy atom. The van der Waals surface area contributed by atoms with Gasteiger partial charge in [0.15, 0.2) is 0 Å². The molecule has 0 aliphatic heterocycles. The number of Topliss-reactive ketones (excluding diaryl/α,β-unsaturated/α-hetero) is 1. The fraction of sp³-hybridized carbons (Fsp3) is 0.222. The number of para-hydroxylation sites is 1. The predicted molar refractivity (Wildman–Crippen MR) is 52.5 cm³/mol. The molecule has 12 heavy (non-hydrogen) atoms. The number of rotatable bonds is 2. The van der Waals surface area contributed by atoms with Crippen LogP contribution >= 0.6 is 12.6 Å². The molecule has 1 aromatic carbocycles. The van der Waals surface area contributed by atoms with E-state index in [1.807, 2.05) is 18.2 Å². The molecule has 0 atom stereocenters. The molecule has 0 aliphatic rings. The minimum absolute atomic E-state index is 0.112. The largest absolute Gasteiger partial charge is 0.398 e. The van der Waals surface area contributed by atoms with E-state index in [4.69, 9.17) is 5.73 Å². The van der Waals surface area contributed by atoms with Crippen LogP contribution in [-0.2, 0) is 11.2 Å². The van der Waals surface area contributed by atoms with E-state index in [0.29, 0.717) is 12.1 Å². The molecule has 0 spiro atoms. The van der Waals surface area contributed by atoms with Crippen LogP contribution in [0, 0.1) is 0 Å². The number of nitrogens with two attached hydrogens (primary N) is 1. The Hall–Kier alpha value is -0.960. The molecule has 0 unspecified atom stereocenters. The van der Waals surface area contributed by atoms with Crippen LogP contribution in [-0.4, -0.2) is 5.78 Å². The van der Waals surface area contributed by atoms with Crippen molar-refractivity contribution in [2.24, 2.45) is 0 Å².